The Balaban J connectivity index is 1.43. The fourth-order valence-corrected chi connectivity index (χ4v) is 2.74. The molecule has 0 radical (unpaired) electrons. The zero-order valence-corrected chi connectivity index (χ0v) is 15.0. The number of rotatable bonds is 8. The van der Waals surface area contributed by atoms with Crippen molar-refractivity contribution in [2.75, 3.05) is 6.54 Å². The second-order valence-electron chi connectivity index (χ2n) is 6.37. The molecule has 1 saturated carbocycles. The van der Waals surface area contributed by atoms with Gasteiger partial charge in [-0.15, -0.1) is 0 Å². The van der Waals surface area contributed by atoms with Crippen LogP contribution in [-0.2, 0) is 11.3 Å². The summed E-state index contributed by atoms with van der Waals surface area (Å²) in [4.78, 5) is 35.7. The van der Waals surface area contributed by atoms with Gasteiger partial charge in [-0.3, -0.25) is 14.4 Å². The first-order chi connectivity index (χ1) is 12.5. The second kappa shape index (κ2) is 8.27. The normalized spacial score (nSPS) is 13.4. The van der Waals surface area contributed by atoms with E-state index in [4.69, 9.17) is 11.6 Å². The Bertz CT molecular complexity index is 857. The van der Waals surface area contributed by atoms with Crippen molar-refractivity contribution in [2.45, 2.75) is 38.1 Å². The first-order valence-corrected chi connectivity index (χ1v) is 9.04. The van der Waals surface area contributed by atoms with Crippen LogP contribution in [0.4, 0.5) is 0 Å². The summed E-state index contributed by atoms with van der Waals surface area (Å²) in [6, 6.07) is 9.89. The highest BCUT2D eigenvalue weighted by molar-refractivity contribution is 6.30. The van der Waals surface area contributed by atoms with E-state index in [2.05, 4.69) is 10.4 Å². The Morgan fingerprint density at radius 2 is 1.85 bits per heavy atom. The van der Waals surface area contributed by atoms with Crippen LogP contribution in [0.1, 0.15) is 47.7 Å². The first-order valence-electron chi connectivity index (χ1n) is 8.66. The van der Waals surface area contributed by atoms with Crippen molar-refractivity contribution in [1.82, 2.24) is 15.1 Å². The summed E-state index contributed by atoms with van der Waals surface area (Å²) in [6.45, 7) is 0.616. The SMILES string of the molecule is O=C(CCC(=O)c1ccc(Cl)cc1)NCCn1nc(C2CC2)ccc1=O. The lowest BCUT2D eigenvalue weighted by atomic mass is 10.1. The molecule has 3 rings (SSSR count). The third-order valence-electron chi connectivity index (χ3n) is 4.27. The lowest BCUT2D eigenvalue weighted by molar-refractivity contribution is -0.121. The van der Waals surface area contributed by atoms with Gasteiger partial charge in [0.05, 0.1) is 12.2 Å². The van der Waals surface area contributed by atoms with E-state index in [1.807, 2.05) is 0 Å². The number of halogens is 1. The zero-order chi connectivity index (χ0) is 18.5. The van der Waals surface area contributed by atoms with Gasteiger partial charge in [-0.05, 0) is 43.2 Å². The van der Waals surface area contributed by atoms with E-state index in [1.165, 1.54) is 10.7 Å². The van der Waals surface area contributed by atoms with Crippen LogP contribution in [-0.4, -0.2) is 28.0 Å². The highest BCUT2D eigenvalue weighted by Crippen LogP contribution is 2.38. The summed E-state index contributed by atoms with van der Waals surface area (Å²) < 4.78 is 1.38. The average molecular weight is 374 g/mol. The smallest absolute Gasteiger partial charge is 0.266 e. The highest BCUT2D eigenvalue weighted by Gasteiger charge is 2.25. The number of amides is 1. The van der Waals surface area contributed by atoms with Gasteiger partial charge in [0.2, 0.25) is 5.91 Å². The molecule has 0 unspecified atom stereocenters. The molecule has 1 aliphatic carbocycles. The maximum Gasteiger partial charge on any atom is 0.266 e. The molecular weight excluding hydrogens is 354 g/mol. The van der Waals surface area contributed by atoms with Gasteiger partial charge in [0.15, 0.2) is 5.78 Å². The average Bonchev–Trinajstić information content (AvgIpc) is 3.47. The first kappa shape index (κ1) is 18.3. The molecule has 1 amide bonds. The molecule has 7 heteroatoms. The Morgan fingerprint density at radius 1 is 1.12 bits per heavy atom. The molecule has 6 nitrogen and oxygen atoms in total. The highest BCUT2D eigenvalue weighted by atomic mass is 35.5. The van der Waals surface area contributed by atoms with Crippen LogP contribution < -0.4 is 10.9 Å². The number of hydrogen-bond acceptors (Lipinski definition) is 4. The third kappa shape index (κ3) is 5.02. The minimum absolute atomic E-state index is 0.103. The van der Waals surface area contributed by atoms with Crippen LogP contribution in [0.2, 0.25) is 5.02 Å². The predicted octanol–water partition coefficient (Wildman–Crippen LogP) is 2.55. The van der Waals surface area contributed by atoms with Crippen molar-refractivity contribution in [1.29, 1.82) is 0 Å². The van der Waals surface area contributed by atoms with Crippen molar-refractivity contribution in [2.24, 2.45) is 0 Å². The minimum atomic E-state index is -0.223. The summed E-state index contributed by atoms with van der Waals surface area (Å²) in [5.74, 6) is 0.140. The van der Waals surface area contributed by atoms with Gasteiger partial charge in [-0.1, -0.05) is 11.6 Å². The summed E-state index contributed by atoms with van der Waals surface area (Å²) in [6.07, 6.45) is 2.46. The Labute approximate surface area is 156 Å². The summed E-state index contributed by atoms with van der Waals surface area (Å²) in [5, 5.41) is 7.63. The van der Waals surface area contributed by atoms with E-state index in [0.717, 1.165) is 18.5 Å². The van der Waals surface area contributed by atoms with Crippen molar-refractivity contribution in [3.05, 3.63) is 63.0 Å². The zero-order valence-electron chi connectivity index (χ0n) is 14.3. The van der Waals surface area contributed by atoms with Crippen LogP contribution in [0.15, 0.2) is 41.2 Å². The Hall–Kier alpha value is -2.47. The minimum Gasteiger partial charge on any atom is -0.354 e. The molecule has 1 aliphatic rings. The molecular formula is C19H20ClN3O3. The number of nitrogens with one attached hydrogen (secondary N) is 1. The van der Waals surface area contributed by atoms with Crippen LogP contribution in [0.5, 0.6) is 0 Å². The Morgan fingerprint density at radius 3 is 2.54 bits per heavy atom. The van der Waals surface area contributed by atoms with Crippen molar-refractivity contribution in [3.63, 3.8) is 0 Å². The maximum atomic E-state index is 12.0. The van der Waals surface area contributed by atoms with E-state index >= 15 is 0 Å². The number of Topliss-reactive ketones (excluding diaryl/α,β-unsaturated/α-hetero) is 1. The van der Waals surface area contributed by atoms with Gasteiger partial charge in [0.1, 0.15) is 0 Å². The van der Waals surface area contributed by atoms with Crippen molar-refractivity contribution >= 4 is 23.3 Å². The largest absolute Gasteiger partial charge is 0.354 e. The molecule has 0 aliphatic heterocycles. The van der Waals surface area contributed by atoms with Gasteiger partial charge >= 0.3 is 0 Å². The standard InChI is InChI=1S/C19H20ClN3O3/c20-15-5-3-14(4-6-15)17(24)8-9-18(25)21-11-12-23-19(26)10-7-16(22-23)13-1-2-13/h3-7,10,13H,1-2,8-9,11-12H2,(H,21,25). The number of carbonyl (C=O) groups excluding carboxylic acids is 2. The molecule has 1 aromatic heterocycles. The van der Waals surface area contributed by atoms with Gasteiger partial charge in [-0.25, -0.2) is 4.68 Å². The van der Waals surface area contributed by atoms with Crippen LogP contribution >= 0.6 is 11.6 Å². The third-order valence-corrected chi connectivity index (χ3v) is 4.53. The summed E-state index contributed by atoms with van der Waals surface area (Å²) in [7, 11) is 0. The molecule has 2 aromatic rings. The maximum absolute atomic E-state index is 12.0. The molecule has 0 saturated heterocycles. The van der Waals surface area contributed by atoms with Gasteiger partial charge in [0, 0.05) is 42.0 Å². The summed E-state index contributed by atoms with van der Waals surface area (Å²) in [5.41, 5.74) is 1.29. The molecule has 1 aromatic carbocycles. The molecule has 0 bridgehead atoms. The number of nitrogens with zero attached hydrogens (tertiary/aromatic N) is 2. The number of hydrogen-bond donors (Lipinski definition) is 1. The summed E-state index contributed by atoms with van der Waals surface area (Å²) >= 11 is 5.79. The van der Waals surface area contributed by atoms with Gasteiger partial charge in [0.25, 0.3) is 5.56 Å². The number of benzene rings is 1. The molecule has 0 spiro atoms. The molecule has 1 N–H and O–H groups in total. The Kier molecular flexibility index (Phi) is 5.83. The van der Waals surface area contributed by atoms with Crippen LogP contribution in [0, 0.1) is 0 Å². The van der Waals surface area contributed by atoms with E-state index in [9.17, 15) is 14.4 Å². The van der Waals surface area contributed by atoms with E-state index in [1.54, 1.807) is 30.3 Å². The fourth-order valence-electron chi connectivity index (χ4n) is 2.62. The van der Waals surface area contributed by atoms with Crippen molar-refractivity contribution in [3.8, 4) is 0 Å². The molecule has 136 valence electrons. The number of ketones is 1. The lowest BCUT2D eigenvalue weighted by Crippen LogP contribution is -2.32. The molecule has 26 heavy (non-hydrogen) atoms. The lowest BCUT2D eigenvalue weighted by Gasteiger charge is -2.08. The fraction of sp³-hybridized carbons (Fsp3) is 0.368. The quantitative estimate of drug-likeness (QED) is 0.721. The van der Waals surface area contributed by atoms with E-state index in [-0.39, 0.29) is 30.1 Å². The van der Waals surface area contributed by atoms with E-state index in [0.29, 0.717) is 29.6 Å². The topological polar surface area (TPSA) is 81.1 Å². The predicted molar refractivity (Wildman–Crippen MR) is 98.5 cm³/mol. The monoisotopic (exact) mass is 373 g/mol. The van der Waals surface area contributed by atoms with Gasteiger partial charge < -0.3 is 5.32 Å². The van der Waals surface area contributed by atoms with Crippen LogP contribution in [0.3, 0.4) is 0 Å². The molecule has 1 heterocycles. The van der Waals surface area contributed by atoms with Gasteiger partial charge in [-0.2, -0.15) is 5.10 Å². The van der Waals surface area contributed by atoms with E-state index < -0.39 is 0 Å². The number of carbonyl (C=O) groups is 2. The molecule has 1 fully saturated rings. The van der Waals surface area contributed by atoms with Crippen LogP contribution in [0.25, 0.3) is 0 Å². The van der Waals surface area contributed by atoms with Crippen molar-refractivity contribution < 1.29 is 9.59 Å². The second-order valence-corrected chi connectivity index (χ2v) is 6.81. The molecule has 0 atom stereocenters. The number of aromatic nitrogens is 2.